The molecule has 0 spiro atoms. The summed E-state index contributed by atoms with van der Waals surface area (Å²) in [6.07, 6.45) is 2.07. The average molecular weight is 469 g/mol. The summed E-state index contributed by atoms with van der Waals surface area (Å²) in [5, 5.41) is 14.0. The topological polar surface area (TPSA) is 121 Å². The molecule has 2 atom stereocenters. The number of aromatic amines is 1. The number of likely N-dealkylation sites (tertiary alicyclic amines) is 1. The largest absolute Gasteiger partial charge is 0.397 e. The maximum absolute atomic E-state index is 12.9. The van der Waals surface area contributed by atoms with E-state index < -0.39 is 0 Å². The second kappa shape index (κ2) is 9.66. The normalized spacial score (nSPS) is 18.6. The van der Waals surface area contributed by atoms with E-state index in [0.717, 1.165) is 5.39 Å². The highest BCUT2D eigenvalue weighted by Crippen LogP contribution is 2.23. The van der Waals surface area contributed by atoms with Crippen LogP contribution in [-0.2, 0) is 4.74 Å². The van der Waals surface area contributed by atoms with Crippen LogP contribution >= 0.6 is 11.6 Å². The molecular formula is C24H25ClN4O4. The number of amides is 1. The van der Waals surface area contributed by atoms with Crippen molar-refractivity contribution in [1.29, 1.82) is 0 Å². The van der Waals surface area contributed by atoms with Gasteiger partial charge in [-0.3, -0.25) is 9.59 Å². The molecule has 1 fully saturated rings. The van der Waals surface area contributed by atoms with Crippen molar-refractivity contribution in [2.24, 2.45) is 5.73 Å². The summed E-state index contributed by atoms with van der Waals surface area (Å²) < 4.78 is 5.34. The number of nitrogens with zero attached hydrogens (tertiary/aromatic N) is 1. The number of H-pyrrole nitrogens is 1. The number of hydrogen-bond donors (Lipinski definition) is 4. The number of pyridine rings is 1. The van der Waals surface area contributed by atoms with Crippen LogP contribution in [0, 0.1) is 0 Å². The molecule has 0 saturated carbocycles. The number of methoxy groups -OCH3 is 1. The van der Waals surface area contributed by atoms with Crippen molar-refractivity contribution in [3.63, 3.8) is 0 Å². The number of nitrogens with one attached hydrogen (secondary N) is 2. The van der Waals surface area contributed by atoms with Gasteiger partial charge < -0.3 is 30.8 Å². The number of rotatable bonds is 6. The molecule has 8 nitrogen and oxygen atoms in total. The first-order chi connectivity index (χ1) is 15.9. The number of anilines is 1. The lowest BCUT2D eigenvalue weighted by atomic mass is 10.1. The number of halogens is 1. The quantitative estimate of drug-likeness (QED) is 0.441. The van der Waals surface area contributed by atoms with Crippen LogP contribution < -0.4 is 16.6 Å². The van der Waals surface area contributed by atoms with Gasteiger partial charge in [0.25, 0.3) is 11.5 Å². The highest BCUT2D eigenvalue weighted by Gasteiger charge is 2.35. The molecule has 1 amide bonds. The summed E-state index contributed by atoms with van der Waals surface area (Å²) in [4.78, 5) is 29.7. The zero-order chi connectivity index (χ0) is 23.5. The first kappa shape index (κ1) is 22.8. The highest BCUT2D eigenvalue weighted by atomic mass is 35.5. The minimum atomic E-state index is -0.306. The predicted molar refractivity (Wildman–Crippen MR) is 129 cm³/mol. The van der Waals surface area contributed by atoms with Crippen LogP contribution in [0.1, 0.15) is 22.3 Å². The molecule has 3 aromatic rings. The molecule has 0 radical (unpaired) electrons. The van der Waals surface area contributed by atoms with Crippen molar-refractivity contribution in [3.8, 4) is 0 Å². The molecule has 1 aliphatic heterocycles. The molecule has 1 saturated heterocycles. The Morgan fingerprint density at radius 1 is 1.30 bits per heavy atom. The number of aromatic nitrogens is 1. The zero-order valence-electron chi connectivity index (χ0n) is 18.0. The Bertz CT molecular complexity index is 1260. The van der Waals surface area contributed by atoms with E-state index in [1.807, 2.05) is 0 Å². The Morgan fingerprint density at radius 3 is 2.76 bits per heavy atom. The van der Waals surface area contributed by atoms with E-state index in [9.17, 15) is 14.7 Å². The highest BCUT2D eigenvalue weighted by molar-refractivity contribution is 6.31. The lowest BCUT2D eigenvalue weighted by molar-refractivity contribution is 0.0648. The van der Waals surface area contributed by atoms with E-state index >= 15 is 0 Å². The van der Waals surface area contributed by atoms with Crippen LogP contribution in [0.15, 0.2) is 59.5 Å². The molecule has 33 heavy (non-hydrogen) atoms. The third kappa shape index (κ3) is 4.88. The predicted octanol–water partition coefficient (Wildman–Crippen LogP) is 2.77. The first-order valence-corrected chi connectivity index (χ1v) is 10.9. The van der Waals surface area contributed by atoms with Crippen LogP contribution in [0.4, 0.5) is 5.69 Å². The van der Waals surface area contributed by atoms with Gasteiger partial charge in [-0.15, -0.1) is 0 Å². The van der Waals surface area contributed by atoms with Crippen LogP contribution in [-0.4, -0.2) is 53.3 Å². The standard InChI is InChI=1S/C24H25ClN4O4/c1-33-19-10-18(13-30)29(12-19)24(32)14-2-5-17(6-3-14)27-11-21(26)20-9-15-8-16(25)4-7-22(15)28-23(20)31/h2-9,11,18-19,27,30H,10,12-13,26H2,1H3,(H,28,31)/b21-11-/t18-,19-/m1/s1. The van der Waals surface area contributed by atoms with Crippen molar-refractivity contribution in [2.45, 2.75) is 18.6 Å². The summed E-state index contributed by atoms with van der Waals surface area (Å²) in [6.45, 7) is 0.348. The Kier molecular flexibility index (Phi) is 6.69. The van der Waals surface area contributed by atoms with Gasteiger partial charge in [0.1, 0.15) is 0 Å². The minimum Gasteiger partial charge on any atom is -0.397 e. The minimum absolute atomic E-state index is 0.0746. The summed E-state index contributed by atoms with van der Waals surface area (Å²) in [6, 6.07) is 13.5. The lowest BCUT2D eigenvalue weighted by Crippen LogP contribution is -2.38. The van der Waals surface area contributed by atoms with E-state index in [0.29, 0.717) is 40.3 Å². The van der Waals surface area contributed by atoms with Crippen molar-refractivity contribution in [3.05, 3.63) is 81.2 Å². The van der Waals surface area contributed by atoms with Gasteiger partial charge in [0.15, 0.2) is 0 Å². The Balaban J connectivity index is 1.48. The lowest BCUT2D eigenvalue weighted by Gasteiger charge is -2.22. The fraction of sp³-hybridized carbons (Fsp3) is 0.250. The van der Waals surface area contributed by atoms with Gasteiger partial charge in [0.05, 0.1) is 30.0 Å². The number of aliphatic hydroxyl groups excluding tert-OH is 1. The molecule has 172 valence electrons. The number of benzene rings is 2. The van der Waals surface area contributed by atoms with Gasteiger partial charge in [-0.25, -0.2) is 0 Å². The maximum atomic E-state index is 12.9. The number of ether oxygens (including phenoxy) is 1. The third-order valence-electron chi connectivity index (χ3n) is 5.82. The van der Waals surface area contributed by atoms with E-state index in [2.05, 4.69) is 10.3 Å². The van der Waals surface area contributed by atoms with Crippen LogP contribution in [0.3, 0.4) is 0 Å². The number of hydrogen-bond acceptors (Lipinski definition) is 6. The molecular weight excluding hydrogens is 444 g/mol. The summed E-state index contributed by atoms with van der Waals surface area (Å²) in [5.74, 6) is -0.156. The van der Waals surface area contributed by atoms with Crippen molar-refractivity contribution in [2.75, 3.05) is 25.6 Å². The number of nitrogens with two attached hydrogens (primary N) is 1. The van der Waals surface area contributed by atoms with Gasteiger partial charge >= 0.3 is 0 Å². The average Bonchev–Trinajstić information content (AvgIpc) is 3.26. The second-order valence-electron chi connectivity index (χ2n) is 7.95. The monoisotopic (exact) mass is 468 g/mol. The summed E-state index contributed by atoms with van der Waals surface area (Å²) >= 11 is 6.04. The third-order valence-corrected chi connectivity index (χ3v) is 6.06. The fourth-order valence-electron chi connectivity index (χ4n) is 3.97. The van der Waals surface area contributed by atoms with Gasteiger partial charge in [0.2, 0.25) is 0 Å². The van der Waals surface area contributed by atoms with Crippen LogP contribution in [0.25, 0.3) is 16.6 Å². The van der Waals surface area contributed by atoms with E-state index in [1.54, 1.807) is 60.5 Å². The Hall–Kier alpha value is -3.33. The molecule has 9 heteroatoms. The first-order valence-electron chi connectivity index (χ1n) is 10.5. The fourth-order valence-corrected chi connectivity index (χ4v) is 4.15. The van der Waals surface area contributed by atoms with E-state index in [1.165, 1.54) is 6.20 Å². The molecule has 0 unspecified atom stereocenters. The molecule has 0 bridgehead atoms. The summed E-state index contributed by atoms with van der Waals surface area (Å²) in [7, 11) is 1.60. The number of carbonyl (C=O) groups is 1. The maximum Gasteiger partial charge on any atom is 0.257 e. The van der Waals surface area contributed by atoms with Gasteiger partial charge in [0, 0.05) is 47.0 Å². The SMILES string of the molecule is CO[C@@H]1C[C@H](CO)N(C(=O)c2ccc(N/C=C(\N)c3cc4cc(Cl)ccc4[nH]c3=O)cc2)C1. The van der Waals surface area contributed by atoms with Gasteiger partial charge in [-0.1, -0.05) is 11.6 Å². The molecule has 4 rings (SSSR count). The van der Waals surface area contributed by atoms with E-state index in [-0.39, 0.29) is 35.9 Å². The van der Waals surface area contributed by atoms with Crippen molar-refractivity contribution < 1.29 is 14.6 Å². The smallest absolute Gasteiger partial charge is 0.257 e. The molecule has 2 heterocycles. The molecule has 1 aromatic heterocycles. The van der Waals surface area contributed by atoms with E-state index in [4.69, 9.17) is 22.1 Å². The molecule has 0 aliphatic carbocycles. The Labute approximate surface area is 195 Å². The Morgan fingerprint density at radius 2 is 2.06 bits per heavy atom. The molecule has 2 aromatic carbocycles. The van der Waals surface area contributed by atoms with Crippen LogP contribution in [0.2, 0.25) is 5.02 Å². The van der Waals surface area contributed by atoms with Crippen molar-refractivity contribution >= 4 is 39.8 Å². The number of fused-ring (bicyclic) bond motifs is 1. The zero-order valence-corrected chi connectivity index (χ0v) is 18.8. The second-order valence-corrected chi connectivity index (χ2v) is 8.39. The van der Waals surface area contributed by atoms with Gasteiger partial charge in [-0.2, -0.15) is 0 Å². The van der Waals surface area contributed by atoms with Gasteiger partial charge in [-0.05, 0) is 55.0 Å². The number of aliphatic hydroxyl groups is 1. The van der Waals surface area contributed by atoms with Crippen molar-refractivity contribution in [1.82, 2.24) is 9.88 Å². The molecule has 5 N–H and O–H groups in total. The molecule has 1 aliphatic rings. The van der Waals surface area contributed by atoms with Crippen LogP contribution in [0.5, 0.6) is 0 Å². The summed E-state index contributed by atoms with van der Waals surface area (Å²) in [5.41, 5.74) is 8.29. The number of carbonyl (C=O) groups excluding carboxylic acids is 1.